The van der Waals surface area contributed by atoms with Gasteiger partial charge in [0.25, 0.3) is 11.5 Å². The molecule has 164 valence electrons. The number of halogens is 1. The summed E-state index contributed by atoms with van der Waals surface area (Å²) >= 11 is 0. The quantitative estimate of drug-likeness (QED) is 0.514. The molecular weight excluding hydrogens is 395 g/mol. The molecule has 3 aromatic rings. The minimum atomic E-state index is -0.421. The van der Waals surface area contributed by atoms with Gasteiger partial charge in [-0.3, -0.25) is 9.59 Å². The Morgan fingerprint density at radius 3 is 2.58 bits per heavy atom. The van der Waals surface area contributed by atoms with Crippen LogP contribution in [0.5, 0.6) is 5.75 Å². The summed E-state index contributed by atoms with van der Waals surface area (Å²) in [5, 5.41) is 3.57. The van der Waals surface area contributed by atoms with Gasteiger partial charge in [0.05, 0.1) is 12.1 Å². The van der Waals surface area contributed by atoms with E-state index < -0.39 is 5.91 Å². The Balaban J connectivity index is 1.78. The second kappa shape index (κ2) is 10.2. The number of nitrogens with zero attached hydrogens (tertiary/aromatic N) is 1. The largest absolute Gasteiger partial charge is 0.493 e. The third kappa shape index (κ3) is 5.51. The number of unbranched alkanes of at least 4 members (excludes halogenated alkanes) is 2. The number of pyridine rings is 1. The van der Waals surface area contributed by atoms with E-state index in [1.54, 1.807) is 25.2 Å². The lowest BCUT2D eigenvalue weighted by molar-refractivity contribution is 0.0952. The predicted molar refractivity (Wildman–Crippen MR) is 121 cm³/mol. The van der Waals surface area contributed by atoms with Gasteiger partial charge in [-0.05, 0) is 61.2 Å². The summed E-state index contributed by atoms with van der Waals surface area (Å²) in [6, 6.07) is 11.6. The van der Waals surface area contributed by atoms with Crippen LogP contribution in [0.4, 0.5) is 4.39 Å². The third-order valence-electron chi connectivity index (χ3n) is 5.38. The lowest BCUT2D eigenvalue weighted by Crippen LogP contribution is -2.33. The number of aromatic nitrogens is 1. The molecule has 1 heterocycles. The Kier molecular flexibility index (Phi) is 7.45. The number of carbonyl (C=O) groups is 1. The van der Waals surface area contributed by atoms with Crippen LogP contribution in [0.25, 0.3) is 10.9 Å². The molecular formula is C25H29FN2O3. The van der Waals surface area contributed by atoms with Crippen LogP contribution < -0.4 is 15.6 Å². The smallest absolute Gasteiger partial charge is 0.263 e. The van der Waals surface area contributed by atoms with Crippen molar-refractivity contribution in [3.8, 4) is 5.75 Å². The molecule has 0 aliphatic carbocycles. The summed E-state index contributed by atoms with van der Waals surface area (Å²) < 4.78 is 20.4. The molecule has 31 heavy (non-hydrogen) atoms. The second-order valence-corrected chi connectivity index (χ2v) is 7.79. The summed E-state index contributed by atoms with van der Waals surface area (Å²) in [4.78, 5) is 25.5. The number of hydrogen-bond acceptors (Lipinski definition) is 3. The van der Waals surface area contributed by atoms with E-state index >= 15 is 0 Å². The fraction of sp³-hybridized carbons (Fsp3) is 0.360. The topological polar surface area (TPSA) is 60.3 Å². The monoisotopic (exact) mass is 424 g/mol. The van der Waals surface area contributed by atoms with Gasteiger partial charge in [0, 0.05) is 19.0 Å². The number of ether oxygens (including phenoxy) is 1. The summed E-state index contributed by atoms with van der Waals surface area (Å²) in [5.74, 6) is 0.0527. The number of aryl methyl sites for hydroxylation is 2. The maximum Gasteiger partial charge on any atom is 0.263 e. The highest BCUT2D eigenvalue weighted by Gasteiger charge is 2.15. The highest BCUT2D eigenvalue weighted by molar-refractivity contribution is 5.97. The van der Waals surface area contributed by atoms with Gasteiger partial charge >= 0.3 is 0 Å². The molecule has 0 saturated heterocycles. The summed E-state index contributed by atoms with van der Waals surface area (Å²) in [7, 11) is 1.67. The molecule has 6 heteroatoms. The van der Waals surface area contributed by atoms with Gasteiger partial charge in [0.15, 0.2) is 0 Å². The lowest BCUT2D eigenvalue weighted by atomic mass is 10.1. The molecule has 0 atom stereocenters. The van der Waals surface area contributed by atoms with Gasteiger partial charge in [-0.2, -0.15) is 0 Å². The molecule has 0 radical (unpaired) electrons. The first-order valence-electron chi connectivity index (χ1n) is 10.7. The molecule has 1 N–H and O–H groups in total. The zero-order valence-electron chi connectivity index (χ0n) is 18.3. The number of hydrogen-bond donors (Lipinski definition) is 1. The van der Waals surface area contributed by atoms with Crippen molar-refractivity contribution in [2.75, 3.05) is 13.2 Å². The molecule has 5 nitrogen and oxygen atoms in total. The third-order valence-corrected chi connectivity index (χ3v) is 5.38. The van der Waals surface area contributed by atoms with E-state index in [4.69, 9.17) is 4.74 Å². The minimum Gasteiger partial charge on any atom is -0.493 e. The predicted octanol–water partition coefficient (Wildman–Crippen LogP) is 4.53. The van der Waals surface area contributed by atoms with Crippen molar-refractivity contribution in [3.05, 3.63) is 75.3 Å². The standard InChI is InChI=1S/C25H29FN2O3/c1-4-5-6-13-31-23-16-19-15-21(25(30)28(3)22(19)14-17(23)2)24(29)27-12-11-18-7-9-20(26)10-8-18/h7-10,14-16H,4-6,11-13H2,1-3H3,(H,27,29). The zero-order valence-corrected chi connectivity index (χ0v) is 18.3. The van der Waals surface area contributed by atoms with Gasteiger partial charge in [0.1, 0.15) is 17.1 Å². The second-order valence-electron chi connectivity index (χ2n) is 7.79. The molecule has 0 saturated carbocycles. The van der Waals surface area contributed by atoms with Crippen LogP contribution in [0.1, 0.15) is 47.7 Å². The maximum absolute atomic E-state index is 13.0. The van der Waals surface area contributed by atoms with Crippen LogP contribution in [0.15, 0.2) is 47.3 Å². The van der Waals surface area contributed by atoms with Crippen molar-refractivity contribution in [1.29, 1.82) is 0 Å². The Morgan fingerprint density at radius 1 is 1.13 bits per heavy atom. The van der Waals surface area contributed by atoms with Crippen LogP contribution >= 0.6 is 0 Å². The first kappa shape index (κ1) is 22.5. The molecule has 0 bridgehead atoms. The van der Waals surface area contributed by atoms with E-state index in [9.17, 15) is 14.0 Å². The Hall–Kier alpha value is -3.15. The van der Waals surface area contributed by atoms with Crippen molar-refractivity contribution >= 4 is 16.8 Å². The summed E-state index contributed by atoms with van der Waals surface area (Å²) in [6.07, 6.45) is 3.78. The molecule has 0 aliphatic heterocycles. The van der Waals surface area contributed by atoms with Gasteiger partial charge < -0.3 is 14.6 Å². The first-order valence-corrected chi connectivity index (χ1v) is 10.7. The maximum atomic E-state index is 13.0. The highest BCUT2D eigenvalue weighted by atomic mass is 19.1. The Morgan fingerprint density at radius 2 is 1.87 bits per heavy atom. The number of amides is 1. The van der Waals surface area contributed by atoms with Crippen molar-refractivity contribution in [1.82, 2.24) is 9.88 Å². The van der Waals surface area contributed by atoms with Gasteiger partial charge in [-0.15, -0.1) is 0 Å². The van der Waals surface area contributed by atoms with E-state index in [1.165, 1.54) is 16.7 Å². The van der Waals surface area contributed by atoms with Crippen LogP contribution in [0.3, 0.4) is 0 Å². The number of fused-ring (bicyclic) bond motifs is 1. The molecule has 1 amide bonds. The van der Waals surface area contributed by atoms with E-state index in [-0.39, 0.29) is 16.9 Å². The molecule has 1 aromatic heterocycles. The van der Waals surface area contributed by atoms with Crippen molar-refractivity contribution in [2.45, 2.75) is 39.5 Å². The van der Waals surface area contributed by atoms with E-state index in [2.05, 4.69) is 12.2 Å². The van der Waals surface area contributed by atoms with Crippen LogP contribution in [-0.4, -0.2) is 23.6 Å². The summed E-state index contributed by atoms with van der Waals surface area (Å²) in [6.45, 7) is 5.09. The van der Waals surface area contributed by atoms with Crippen molar-refractivity contribution in [3.63, 3.8) is 0 Å². The Labute approximate surface area is 181 Å². The SMILES string of the molecule is CCCCCOc1cc2cc(C(=O)NCCc3ccc(F)cc3)c(=O)n(C)c2cc1C. The Bertz CT molecular complexity index is 1120. The van der Waals surface area contributed by atoms with Crippen molar-refractivity contribution < 1.29 is 13.9 Å². The minimum absolute atomic E-state index is 0.0925. The first-order chi connectivity index (χ1) is 14.9. The van der Waals surface area contributed by atoms with Gasteiger partial charge in [-0.25, -0.2) is 4.39 Å². The lowest BCUT2D eigenvalue weighted by Gasteiger charge is -2.14. The van der Waals surface area contributed by atoms with Gasteiger partial charge in [-0.1, -0.05) is 31.9 Å². The fourth-order valence-corrected chi connectivity index (χ4v) is 3.52. The molecule has 2 aromatic carbocycles. The highest BCUT2D eigenvalue weighted by Crippen LogP contribution is 2.25. The molecule has 3 rings (SSSR count). The number of nitrogens with one attached hydrogen (secondary N) is 1. The van der Waals surface area contributed by atoms with Crippen LogP contribution in [0, 0.1) is 12.7 Å². The van der Waals surface area contributed by atoms with E-state index in [1.807, 2.05) is 19.1 Å². The molecule has 0 unspecified atom stereocenters. The summed E-state index contributed by atoms with van der Waals surface area (Å²) in [5.41, 5.74) is 2.37. The molecule has 0 spiro atoms. The van der Waals surface area contributed by atoms with E-state index in [0.717, 1.165) is 47.0 Å². The molecule has 0 aliphatic rings. The molecule has 0 fully saturated rings. The average Bonchev–Trinajstić information content (AvgIpc) is 2.76. The fourth-order valence-electron chi connectivity index (χ4n) is 3.52. The average molecular weight is 425 g/mol. The zero-order chi connectivity index (χ0) is 22.4. The van der Waals surface area contributed by atoms with E-state index in [0.29, 0.717) is 19.6 Å². The normalized spacial score (nSPS) is 11.0. The van der Waals surface area contributed by atoms with Crippen LogP contribution in [0.2, 0.25) is 0 Å². The number of rotatable bonds is 9. The number of carbonyl (C=O) groups excluding carboxylic acids is 1. The van der Waals surface area contributed by atoms with Gasteiger partial charge in [0.2, 0.25) is 0 Å². The van der Waals surface area contributed by atoms with Crippen LogP contribution in [-0.2, 0) is 13.5 Å². The van der Waals surface area contributed by atoms with Crippen molar-refractivity contribution in [2.24, 2.45) is 7.05 Å². The number of benzene rings is 2.